The summed E-state index contributed by atoms with van der Waals surface area (Å²) in [5, 5.41) is 3.35. The maximum absolute atomic E-state index is 11.9. The van der Waals surface area contributed by atoms with Crippen molar-refractivity contribution in [2.75, 3.05) is 7.11 Å². The fourth-order valence-corrected chi connectivity index (χ4v) is 2.24. The van der Waals surface area contributed by atoms with Crippen LogP contribution in [0.3, 0.4) is 0 Å². The molecule has 1 amide bonds. The second-order valence-electron chi connectivity index (χ2n) is 3.83. The van der Waals surface area contributed by atoms with Crippen LogP contribution in [0, 0.1) is 0 Å². The molecular formula is C13H12BrClN2O2. The van der Waals surface area contributed by atoms with Crippen LogP contribution in [-0.4, -0.2) is 18.0 Å². The van der Waals surface area contributed by atoms with Crippen LogP contribution in [0.2, 0.25) is 5.02 Å². The Balaban J connectivity index is 2.09. The zero-order chi connectivity index (χ0) is 13.8. The van der Waals surface area contributed by atoms with E-state index in [0.717, 1.165) is 10.0 Å². The number of amides is 1. The lowest BCUT2D eigenvalue weighted by Crippen LogP contribution is -2.23. The number of H-pyrrole nitrogens is 1. The second-order valence-corrected chi connectivity index (χ2v) is 5.16. The first-order valence-electron chi connectivity index (χ1n) is 5.55. The molecule has 0 aliphatic heterocycles. The number of halogens is 2. The summed E-state index contributed by atoms with van der Waals surface area (Å²) < 4.78 is 6.04. The van der Waals surface area contributed by atoms with Gasteiger partial charge < -0.3 is 15.0 Å². The van der Waals surface area contributed by atoms with Crippen molar-refractivity contribution in [3.63, 3.8) is 0 Å². The molecule has 0 bridgehead atoms. The lowest BCUT2D eigenvalue weighted by Gasteiger charge is -2.10. The van der Waals surface area contributed by atoms with Crippen LogP contribution in [0.25, 0.3) is 0 Å². The summed E-state index contributed by atoms with van der Waals surface area (Å²) in [6, 6.07) is 7.07. The highest BCUT2D eigenvalue weighted by molar-refractivity contribution is 9.10. The summed E-state index contributed by atoms with van der Waals surface area (Å²) in [6.07, 6.45) is 1.70. The standard InChI is InChI=1S/C13H12BrClN2O2/c1-19-12-4-2-3-10(15)9(12)7-17-13(18)11-5-8(14)6-16-11/h2-6,16H,7H2,1H3,(H,17,18). The van der Waals surface area contributed by atoms with Crippen LogP contribution in [0.4, 0.5) is 0 Å². The maximum atomic E-state index is 11.9. The molecule has 0 atom stereocenters. The zero-order valence-electron chi connectivity index (χ0n) is 10.2. The van der Waals surface area contributed by atoms with Crippen LogP contribution in [0.15, 0.2) is 34.9 Å². The van der Waals surface area contributed by atoms with Crippen molar-refractivity contribution in [3.8, 4) is 5.75 Å². The van der Waals surface area contributed by atoms with Gasteiger partial charge in [0.15, 0.2) is 0 Å². The molecule has 0 spiro atoms. The minimum atomic E-state index is -0.201. The lowest BCUT2D eigenvalue weighted by molar-refractivity contribution is 0.0946. The number of methoxy groups -OCH3 is 1. The van der Waals surface area contributed by atoms with Gasteiger partial charge in [0.25, 0.3) is 5.91 Å². The fraction of sp³-hybridized carbons (Fsp3) is 0.154. The number of nitrogens with one attached hydrogen (secondary N) is 2. The number of hydrogen-bond acceptors (Lipinski definition) is 2. The molecule has 0 unspecified atom stereocenters. The predicted molar refractivity (Wildman–Crippen MR) is 77.7 cm³/mol. The Morgan fingerprint density at radius 3 is 2.95 bits per heavy atom. The molecule has 19 heavy (non-hydrogen) atoms. The van der Waals surface area contributed by atoms with Gasteiger partial charge in [-0.05, 0) is 34.1 Å². The molecule has 0 aliphatic carbocycles. The summed E-state index contributed by atoms with van der Waals surface area (Å²) in [5.74, 6) is 0.452. The van der Waals surface area contributed by atoms with E-state index in [1.54, 1.807) is 37.6 Å². The van der Waals surface area contributed by atoms with E-state index in [4.69, 9.17) is 16.3 Å². The van der Waals surface area contributed by atoms with E-state index >= 15 is 0 Å². The summed E-state index contributed by atoms with van der Waals surface area (Å²) in [7, 11) is 1.57. The highest BCUT2D eigenvalue weighted by Gasteiger charge is 2.11. The van der Waals surface area contributed by atoms with Crippen molar-refractivity contribution in [2.45, 2.75) is 6.54 Å². The first kappa shape index (κ1) is 14.0. The fourth-order valence-electron chi connectivity index (χ4n) is 1.66. The number of carbonyl (C=O) groups excluding carboxylic acids is 1. The van der Waals surface area contributed by atoms with Crippen molar-refractivity contribution in [2.24, 2.45) is 0 Å². The topological polar surface area (TPSA) is 54.1 Å². The number of hydrogen-bond donors (Lipinski definition) is 2. The third-order valence-corrected chi connectivity index (χ3v) is 3.43. The Morgan fingerprint density at radius 2 is 2.32 bits per heavy atom. The number of aromatic amines is 1. The van der Waals surface area contributed by atoms with E-state index < -0.39 is 0 Å². The molecule has 100 valence electrons. The SMILES string of the molecule is COc1cccc(Cl)c1CNC(=O)c1cc(Br)c[nH]1. The largest absolute Gasteiger partial charge is 0.496 e. The highest BCUT2D eigenvalue weighted by atomic mass is 79.9. The molecule has 0 saturated heterocycles. The van der Waals surface area contributed by atoms with Gasteiger partial charge in [-0.25, -0.2) is 0 Å². The number of aromatic nitrogens is 1. The van der Waals surface area contributed by atoms with Crippen molar-refractivity contribution >= 4 is 33.4 Å². The lowest BCUT2D eigenvalue weighted by atomic mass is 10.2. The summed E-state index contributed by atoms with van der Waals surface area (Å²) >= 11 is 9.37. The molecule has 2 rings (SSSR count). The van der Waals surface area contributed by atoms with Crippen LogP contribution in [-0.2, 0) is 6.54 Å². The number of rotatable bonds is 4. The van der Waals surface area contributed by atoms with Crippen molar-refractivity contribution in [1.29, 1.82) is 0 Å². The van der Waals surface area contributed by atoms with E-state index in [9.17, 15) is 4.79 Å². The molecule has 6 heteroatoms. The molecule has 4 nitrogen and oxygen atoms in total. The molecule has 2 N–H and O–H groups in total. The summed E-state index contributed by atoms with van der Waals surface area (Å²) in [4.78, 5) is 14.8. The second kappa shape index (κ2) is 6.12. The molecule has 0 saturated carbocycles. The van der Waals surface area contributed by atoms with Crippen molar-refractivity contribution in [3.05, 3.63) is 51.2 Å². The van der Waals surface area contributed by atoms with Gasteiger partial charge in [-0.1, -0.05) is 17.7 Å². The van der Waals surface area contributed by atoms with E-state index in [0.29, 0.717) is 23.0 Å². The third-order valence-electron chi connectivity index (χ3n) is 2.61. The van der Waals surface area contributed by atoms with E-state index in [2.05, 4.69) is 26.2 Å². The Labute approximate surface area is 124 Å². The molecule has 0 radical (unpaired) electrons. The molecule has 1 aromatic heterocycles. The number of carbonyl (C=O) groups is 1. The van der Waals surface area contributed by atoms with Gasteiger partial charge in [-0.2, -0.15) is 0 Å². The van der Waals surface area contributed by atoms with Gasteiger partial charge in [0.05, 0.1) is 7.11 Å². The maximum Gasteiger partial charge on any atom is 0.268 e. The smallest absolute Gasteiger partial charge is 0.268 e. The molecule has 0 aliphatic rings. The Morgan fingerprint density at radius 1 is 1.53 bits per heavy atom. The average molecular weight is 344 g/mol. The minimum absolute atomic E-state index is 0.201. The molecule has 1 heterocycles. The van der Waals surface area contributed by atoms with Crippen LogP contribution < -0.4 is 10.1 Å². The first-order chi connectivity index (χ1) is 9.11. The van der Waals surface area contributed by atoms with Crippen LogP contribution in [0.1, 0.15) is 16.1 Å². The summed E-state index contributed by atoms with van der Waals surface area (Å²) in [6.45, 7) is 0.304. The van der Waals surface area contributed by atoms with Gasteiger partial charge in [0, 0.05) is 27.8 Å². The normalized spacial score (nSPS) is 10.3. The van der Waals surface area contributed by atoms with Gasteiger partial charge in [0.1, 0.15) is 11.4 Å². The Kier molecular flexibility index (Phi) is 4.50. The number of ether oxygens (including phenoxy) is 1. The van der Waals surface area contributed by atoms with Crippen molar-refractivity contribution < 1.29 is 9.53 Å². The van der Waals surface area contributed by atoms with Crippen LogP contribution in [0.5, 0.6) is 5.75 Å². The Hall–Kier alpha value is -1.46. The molecular weight excluding hydrogens is 332 g/mol. The van der Waals surface area contributed by atoms with E-state index in [1.165, 1.54) is 0 Å². The molecule has 2 aromatic rings. The Bertz CT molecular complexity index is 598. The van der Waals surface area contributed by atoms with Gasteiger partial charge in [-0.15, -0.1) is 0 Å². The third kappa shape index (κ3) is 3.30. The van der Waals surface area contributed by atoms with E-state index in [1.807, 2.05) is 0 Å². The molecule has 0 fully saturated rings. The van der Waals surface area contributed by atoms with Crippen molar-refractivity contribution in [1.82, 2.24) is 10.3 Å². The van der Waals surface area contributed by atoms with Gasteiger partial charge in [0.2, 0.25) is 0 Å². The molecule has 1 aromatic carbocycles. The highest BCUT2D eigenvalue weighted by Crippen LogP contribution is 2.25. The quantitative estimate of drug-likeness (QED) is 0.894. The van der Waals surface area contributed by atoms with Gasteiger partial charge in [-0.3, -0.25) is 4.79 Å². The summed E-state index contributed by atoms with van der Waals surface area (Å²) in [5.41, 5.74) is 1.24. The zero-order valence-corrected chi connectivity index (χ0v) is 12.5. The van der Waals surface area contributed by atoms with E-state index in [-0.39, 0.29) is 5.91 Å². The van der Waals surface area contributed by atoms with Gasteiger partial charge >= 0.3 is 0 Å². The predicted octanol–water partition coefficient (Wildman–Crippen LogP) is 3.37. The number of benzene rings is 1. The van der Waals surface area contributed by atoms with Crippen LogP contribution >= 0.6 is 27.5 Å². The average Bonchev–Trinajstić information content (AvgIpc) is 2.83. The minimum Gasteiger partial charge on any atom is -0.496 e. The first-order valence-corrected chi connectivity index (χ1v) is 6.72. The monoisotopic (exact) mass is 342 g/mol.